The minimum atomic E-state index is 0.0161. The molecule has 114 valence electrons. The maximum absolute atomic E-state index is 12.7. The summed E-state index contributed by atoms with van der Waals surface area (Å²) in [6.45, 7) is 2.20. The van der Waals surface area contributed by atoms with Gasteiger partial charge in [0.2, 0.25) is 5.91 Å². The molecule has 0 radical (unpaired) electrons. The number of amides is 1. The molecule has 2 atom stereocenters. The van der Waals surface area contributed by atoms with Gasteiger partial charge in [-0.15, -0.1) is 0 Å². The van der Waals surface area contributed by atoms with E-state index in [-0.39, 0.29) is 12.2 Å². The van der Waals surface area contributed by atoms with E-state index in [1.54, 1.807) is 0 Å². The van der Waals surface area contributed by atoms with Crippen LogP contribution in [0.5, 0.6) is 0 Å². The van der Waals surface area contributed by atoms with Crippen molar-refractivity contribution in [2.45, 2.75) is 70.1 Å². The van der Waals surface area contributed by atoms with E-state index in [1.165, 1.54) is 24.8 Å². The van der Waals surface area contributed by atoms with Gasteiger partial charge in [-0.1, -0.05) is 43.7 Å². The largest absolute Gasteiger partial charge is 0.323 e. The van der Waals surface area contributed by atoms with Gasteiger partial charge in [0.05, 0.1) is 12.2 Å². The highest BCUT2D eigenvalue weighted by Gasteiger charge is 2.43. The third-order valence-electron chi connectivity index (χ3n) is 4.88. The van der Waals surface area contributed by atoms with Crippen LogP contribution in [0.4, 0.5) is 0 Å². The van der Waals surface area contributed by atoms with Gasteiger partial charge in [-0.2, -0.15) is 0 Å². The predicted octanol–water partition coefficient (Wildman–Crippen LogP) is 3.10. The van der Waals surface area contributed by atoms with E-state index >= 15 is 0 Å². The molecule has 1 aliphatic heterocycles. The quantitative estimate of drug-likeness (QED) is 0.871. The first-order chi connectivity index (χ1) is 10.3. The van der Waals surface area contributed by atoms with Crippen LogP contribution < -0.4 is 5.32 Å². The fourth-order valence-electron chi connectivity index (χ4n) is 3.47. The molecule has 1 aliphatic carbocycles. The third-order valence-corrected chi connectivity index (χ3v) is 4.88. The van der Waals surface area contributed by atoms with Gasteiger partial charge in [0.1, 0.15) is 0 Å². The third kappa shape index (κ3) is 3.13. The van der Waals surface area contributed by atoms with Crippen LogP contribution in [0.15, 0.2) is 30.3 Å². The summed E-state index contributed by atoms with van der Waals surface area (Å²) in [4.78, 5) is 14.9. The highest BCUT2D eigenvalue weighted by molar-refractivity contribution is 5.84. The van der Waals surface area contributed by atoms with Crippen LogP contribution in [0.2, 0.25) is 0 Å². The molecule has 0 aromatic heterocycles. The zero-order valence-electron chi connectivity index (χ0n) is 12.9. The molecule has 1 saturated heterocycles. The molecular weight excluding hydrogens is 260 g/mol. The Morgan fingerprint density at radius 2 is 1.95 bits per heavy atom. The average molecular weight is 286 g/mol. The van der Waals surface area contributed by atoms with Gasteiger partial charge in [-0.05, 0) is 44.1 Å². The molecule has 2 aliphatic rings. The van der Waals surface area contributed by atoms with Gasteiger partial charge in [-0.3, -0.25) is 10.1 Å². The maximum atomic E-state index is 12.7. The topological polar surface area (TPSA) is 32.3 Å². The van der Waals surface area contributed by atoms with Crippen LogP contribution in [-0.2, 0) is 11.2 Å². The number of nitrogens with zero attached hydrogens (tertiary/aromatic N) is 1. The average Bonchev–Trinajstić information content (AvgIpc) is 2.74. The lowest BCUT2D eigenvalue weighted by atomic mass is 9.90. The summed E-state index contributed by atoms with van der Waals surface area (Å²) >= 11 is 0. The molecular formula is C18H26N2O. The van der Waals surface area contributed by atoms with Crippen molar-refractivity contribution in [1.29, 1.82) is 0 Å². The second-order valence-corrected chi connectivity index (χ2v) is 6.38. The lowest BCUT2D eigenvalue weighted by Gasteiger charge is -2.38. The van der Waals surface area contributed by atoms with Gasteiger partial charge in [0, 0.05) is 6.04 Å². The minimum Gasteiger partial charge on any atom is -0.323 e. The number of carbonyl (C=O) groups excluding carboxylic acids is 1. The predicted molar refractivity (Wildman–Crippen MR) is 84.9 cm³/mol. The van der Waals surface area contributed by atoms with Gasteiger partial charge in [0.25, 0.3) is 0 Å². The van der Waals surface area contributed by atoms with Crippen LogP contribution >= 0.6 is 0 Å². The Balaban J connectivity index is 1.61. The summed E-state index contributed by atoms with van der Waals surface area (Å²) < 4.78 is 0. The van der Waals surface area contributed by atoms with E-state index in [1.807, 2.05) is 6.07 Å². The Morgan fingerprint density at radius 3 is 2.57 bits per heavy atom. The Morgan fingerprint density at radius 1 is 1.19 bits per heavy atom. The van der Waals surface area contributed by atoms with Crippen molar-refractivity contribution >= 4 is 5.91 Å². The molecule has 2 unspecified atom stereocenters. The van der Waals surface area contributed by atoms with Crippen LogP contribution in [0.3, 0.4) is 0 Å². The van der Waals surface area contributed by atoms with Gasteiger partial charge in [0.15, 0.2) is 0 Å². The second-order valence-electron chi connectivity index (χ2n) is 6.38. The molecule has 3 nitrogen and oxygen atoms in total. The SMILES string of the molecule is CCCC1NC(CCc2ccccc2)C(=O)N1C1CCC1. The normalized spacial score (nSPS) is 26.1. The Hall–Kier alpha value is -1.35. The summed E-state index contributed by atoms with van der Waals surface area (Å²) in [5, 5.41) is 3.59. The van der Waals surface area contributed by atoms with E-state index in [2.05, 4.69) is 41.4 Å². The Kier molecular flexibility index (Phi) is 4.59. The zero-order chi connectivity index (χ0) is 14.7. The molecule has 0 bridgehead atoms. The summed E-state index contributed by atoms with van der Waals surface area (Å²) in [5.41, 5.74) is 1.32. The summed E-state index contributed by atoms with van der Waals surface area (Å²) in [5.74, 6) is 0.342. The first-order valence-electron chi connectivity index (χ1n) is 8.41. The van der Waals surface area contributed by atoms with Crippen molar-refractivity contribution in [2.75, 3.05) is 0 Å². The van der Waals surface area contributed by atoms with Crippen molar-refractivity contribution in [2.24, 2.45) is 0 Å². The monoisotopic (exact) mass is 286 g/mol. The van der Waals surface area contributed by atoms with Crippen molar-refractivity contribution < 1.29 is 4.79 Å². The lowest BCUT2D eigenvalue weighted by molar-refractivity contribution is -0.134. The molecule has 2 fully saturated rings. The standard InChI is InChI=1S/C18H26N2O/c1-2-7-17-19-16(13-12-14-8-4-3-5-9-14)18(21)20(17)15-10-6-11-15/h3-5,8-9,15-17,19H,2,6-7,10-13H2,1H3. The van der Waals surface area contributed by atoms with E-state index in [0.717, 1.165) is 25.7 Å². The zero-order valence-corrected chi connectivity index (χ0v) is 12.9. The Labute approximate surface area is 127 Å². The summed E-state index contributed by atoms with van der Waals surface area (Å²) in [6, 6.07) is 11.0. The first-order valence-corrected chi connectivity index (χ1v) is 8.41. The van der Waals surface area contributed by atoms with Crippen LogP contribution in [0.1, 0.15) is 51.0 Å². The first kappa shape index (κ1) is 14.6. The van der Waals surface area contributed by atoms with E-state index in [0.29, 0.717) is 11.9 Å². The lowest BCUT2D eigenvalue weighted by Crippen LogP contribution is -2.47. The van der Waals surface area contributed by atoms with E-state index in [9.17, 15) is 4.79 Å². The van der Waals surface area contributed by atoms with Gasteiger partial charge >= 0.3 is 0 Å². The second kappa shape index (κ2) is 6.61. The fourth-order valence-corrected chi connectivity index (χ4v) is 3.47. The van der Waals surface area contributed by atoms with E-state index < -0.39 is 0 Å². The number of hydrogen-bond donors (Lipinski definition) is 1. The summed E-state index contributed by atoms with van der Waals surface area (Å²) in [6.07, 6.45) is 8.02. The molecule has 1 saturated carbocycles. The summed E-state index contributed by atoms with van der Waals surface area (Å²) in [7, 11) is 0. The molecule has 1 N–H and O–H groups in total. The number of nitrogens with one attached hydrogen (secondary N) is 1. The molecule has 1 heterocycles. The molecule has 3 rings (SSSR count). The number of carbonyl (C=O) groups is 1. The molecule has 0 spiro atoms. The number of rotatable bonds is 6. The van der Waals surface area contributed by atoms with Crippen molar-refractivity contribution in [3.8, 4) is 0 Å². The minimum absolute atomic E-state index is 0.0161. The molecule has 3 heteroatoms. The van der Waals surface area contributed by atoms with Crippen molar-refractivity contribution in [3.05, 3.63) is 35.9 Å². The number of benzene rings is 1. The molecule has 21 heavy (non-hydrogen) atoms. The Bertz CT molecular complexity index is 469. The molecule has 1 aromatic rings. The molecule has 1 amide bonds. The highest BCUT2D eigenvalue weighted by Crippen LogP contribution is 2.31. The smallest absolute Gasteiger partial charge is 0.241 e. The van der Waals surface area contributed by atoms with Crippen LogP contribution in [0.25, 0.3) is 0 Å². The van der Waals surface area contributed by atoms with Crippen LogP contribution in [0, 0.1) is 0 Å². The highest BCUT2D eigenvalue weighted by atomic mass is 16.2. The van der Waals surface area contributed by atoms with E-state index in [4.69, 9.17) is 0 Å². The fraction of sp³-hybridized carbons (Fsp3) is 0.611. The van der Waals surface area contributed by atoms with Crippen molar-refractivity contribution in [3.63, 3.8) is 0 Å². The molecule has 1 aromatic carbocycles. The number of aryl methyl sites for hydroxylation is 1. The van der Waals surface area contributed by atoms with Crippen molar-refractivity contribution in [1.82, 2.24) is 10.2 Å². The van der Waals surface area contributed by atoms with Gasteiger partial charge in [-0.25, -0.2) is 0 Å². The van der Waals surface area contributed by atoms with Gasteiger partial charge < -0.3 is 4.90 Å². The number of hydrogen-bond acceptors (Lipinski definition) is 2. The maximum Gasteiger partial charge on any atom is 0.241 e. The van der Waals surface area contributed by atoms with Crippen LogP contribution in [-0.4, -0.2) is 29.1 Å².